The minimum Gasteiger partial charge on any atom is -0.466 e. The summed E-state index contributed by atoms with van der Waals surface area (Å²) >= 11 is 0. The van der Waals surface area contributed by atoms with E-state index in [1.807, 2.05) is 24.3 Å². The van der Waals surface area contributed by atoms with E-state index in [0.717, 1.165) is 5.39 Å². The number of aromatic nitrogens is 1. The van der Waals surface area contributed by atoms with Crippen LogP contribution >= 0.6 is 0 Å². The number of benzene rings is 1. The Morgan fingerprint density at radius 1 is 1.30 bits per heavy atom. The van der Waals surface area contributed by atoms with Crippen molar-refractivity contribution in [1.29, 1.82) is 0 Å². The van der Waals surface area contributed by atoms with E-state index < -0.39 is 11.9 Å². The molecular formula is C15H11NO4. The number of rotatable bonds is 1. The van der Waals surface area contributed by atoms with Gasteiger partial charge in [0.15, 0.2) is 11.5 Å². The van der Waals surface area contributed by atoms with E-state index in [4.69, 9.17) is 4.74 Å². The second-order valence-corrected chi connectivity index (χ2v) is 4.41. The highest BCUT2D eigenvalue weighted by atomic mass is 16.5. The topological polar surface area (TPSA) is 65.5 Å². The Hall–Kier alpha value is -2.69. The van der Waals surface area contributed by atoms with Crippen molar-refractivity contribution < 1.29 is 19.1 Å². The van der Waals surface area contributed by atoms with Gasteiger partial charge in [-0.25, -0.2) is 14.6 Å². The van der Waals surface area contributed by atoms with Gasteiger partial charge in [0.05, 0.1) is 23.8 Å². The number of ether oxygens (including phenoxy) is 2. The average molecular weight is 269 g/mol. The highest BCUT2D eigenvalue weighted by molar-refractivity contribution is 6.08. The Labute approximate surface area is 114 Å². The second-order valence-electron chi connectivity index (χ2n) is 4.41. The fourth-order valence-electron chi connectivity index (χ4n) is 2.16. The molecule has 0 unspecified atom stereocenters. The van der Waals surface area contributed by atoms with Crippen LogP contribution in [-0.4, -0.2) is 24.0 Å². The van der Waals surface area contributed by atoms with Crippen LogP contribution in [0, 0.1) is 0 Å². The molecular weight excluding hydrogens is 258 g/mol. The molecule has 0 amide bonds. The van der Waals surface area contributed by atoms with Gasteiger partial charge in [-0.2, -0.15) is 0 Å². The van der Waals surface area contributed by atoms with Crippen molar-refractivity contribution in [3.8, 4) is 0 Å². The molecule has 5 heteroatoms. The van der Waals surface area contributed by atoms with Crippen LogP contribution in [0.4, 0.5) is 0 Å². The lowest BCUT2D eigenvalue weighted by Gasteiger charge is -2.04. The number of hydrogen-bond acceptors (Lipinski definition) is 5. The summed E-state index contributed by atoms with van der Waals surface area (Å²) in [6, 6.07) is 9.22. The van der Waals surface area contributed by atoms with Gasteiger partial charge < -0.3 is 9.47 Å². The molecule has 0 atom stereocenters. The normalized spacial score (nSPS) is 15.8. The van der Waals surface area contributed by atoms with Gasteiger partial charge >= 0.3 is 11.9 Å². The molecule has 0 saturated carbocycles. The fourth-order valence-corrected chi connectivity index (χ4v) is 2.16. The van der Waals surface area contributed by atoms with Crippen molar-refractivity contribution in [2.24, 2.45) is 0 Å². The minimum atomic E-state index is -0.552. The summed E-state index contributed by atoms with van der Waals surface area (Å²) in [6.07, 6.45) is 0. The maximum Gasteiger partial charge on any atom is 0.363 e. The number of fused-ring (bicyclic) bond motifs is 2. The zero-order valence-corrected chi connectivity index (χ0v) is 11.0. The van der Waals surface area contributed by atoms with Gasteiger partial charge in [-0.15, -0.1) is 0 Å². The number of cyclic esters (lactones) is 1. The number of nitrogens with zero attached hydrogens (tertiary/aromatic N) is 1. The first-order valence-electron chi connectivity index (χ1n) is 6.03. The lowest BCUT2D eigenvalue weighted by Crippen LogP contribution is -2.04. The molecule has 0 bridgehead atoms. The van der Waals surface area contributed by atoms with Gasteiger partial charge in [0.25, 0.3) is 0 Å². The number of para-hydroxylation sites is 1. The molecule has 0 saturated heterocycles. The molecule has 0 aliphatic carbocycles. The summed E-state index contributed by atoms with van der Waals surface area (Å²) in [5.74, 6) is -0.868. The summed E-state index contributed by atoms with van der Waals surface area (Å²) in [5.41, 5.74) is 1.70. The maximum atomic E-state index is 11.9. The number of methoxy groups -OCH3 is 1. The third-order valence-corrected chi connectivity index (χ3v) is 3.19. The zero-order chi connectivity index (χ0) is 14.3. The van der Waals surface area contributed by atoms with Crippen LogP contribution < -0.4 is 0 Å². The highest BCUT2D eigenvalue weighted by Crippen LogP contribution is 2.33. The molecule has 1 aliphatic rings. The minimum absolute atomic E-state index is 0.218. The molecule has 0 N–H and O–H groups in total. The predicted octanol–water partition coefficient (Wildman–Crippen LogP) is 2.31. The standard InChI is InChI=1S/C15H11NO4/c1-8(14(17)19-2)13-10-7-9-5-3-4-6-11(9)16-12(10)15(18)20-13/h3-7H,1-2H3/b13-8-. The molecule has 2 aromatic rings. The van der Waals surface area contributed by atoms with Gasteiger partial charge in [-0.05, 0) is 19.1 Å². The first-order chi connectivity index (χ1) is 9.61. The second kappa shape index (κ2) is 4.45. The van der Waals surface area contributed by atoms with E-state index in [2.05, 4.69) is 9.72 Å². The molecule has 2 heterocycles. The van der Waals surface area contributed by atoms with E-state index in [0.29, 0.717) is 11.1 Å². The molecule has 3 rings (SSSR count). The Kier molecular flexibility index (Phi) is 2.75. The van der Waals surface area contributed by atoms with E-state index in [1.54, 1.807) is 13.0 Å². The van der Waals surface area contributed by atoms with Crippen molar-refractivity contribution in [3.63, 3.8) is 0 Å². The van der Waals surface area contributed by atoms with Crippen LogP contribution in [0.25, 0.3) is 16.7 Å². The van der Waals surface area contributed by atoms with Gasteiger partial charge in [0.2, 0.25) is 0 Å². The monoisotopic (exact) mass is 269 g/mol. The fraction of sp³-hybridized carbons (Fsp3) is 0.133. The van der Waals surface area contributed by atoms with Crippen molar-refractivity contribution >= 4 is 28.6 Å². The van der Waals surface area contributed by atoms with Crippen LogP contribution in [0.15, 0.2) is 35.9 Å². The van der Waals surface area contributed by atoms with Crippen molar-refractivity contribution in [2.75, 3.05) is 7.11 Å². The molecule has 1 aliphatic heterocycles. The van der Waals surface area contributed by atoms with Crippen LogP contribution in [-0.2, 0) is 14.3 Å². The van der Waals surface area contributed by atoms with Crippen molar-refractivity contribution in [3.05, 3.63) is 47.2 Å². The van der Waals surface area contributed by atoms with Crippen molar-refractivity contribution in [2.45, 2.75) is 6.92 Å². The summed E-state index contributed by atoms with van der Waals surface area (Å²) in [5, 5.41) is 0.875. The van der Waals surface area contributed by atoms with E-state index in [9.17, 15) is 9.59 Å². The van der Waals surface area contributed by atoms with Crippen LogP contribution in [0.2, 0.25) is 0 Å². The van der Waals surface area contributed by atoms with Crippen LogP contribution in [0.1, 0.15) is 23.0 Å². The average Bonchev–Trinajstić information content (AvgIpc) is 2.80. The maximum absolute atomic E-state index is 11.9. The Balaban J connectivity index is 2.27. The summed E-state index contributed by atoms with van der Waals surface area (Å²) < 4.78 is 9.82. The molecule has 0 spiro atoms. The molecule has 1 aromatic carbocycles. The number of carbonyl (C=O) groups is 2. The number of pyridine rings is 1. The third kappa shape index (κ3) is 1.75. The van der Waals surface area contributed by atoms with Gasteiger partial charge in [0.1, 0.15) is 0 Å². The summed E-state index contributed by atoms with van der Waals surface area (Å²) in [7, 11) is 1.28. The van der Waals surface area contributed by atoms with Crippen LogP contribution in [0.5, 0.6) is 0 Å². The quantitative estimate of drug-likeness (QED) is 0.587. The zero-order valence-electron chi connectivity index (χ0n) is 11.0. The predicted molar refractivity (Wildman–Crippen MR) is 71.8 cm³/mol. The number of hydrogen-bond donors (Lipinski definition) is 0. The van der Waals surface area contributed by atoms with Crippen LogP contribution in [0.3, 0.4) is 0 Å². The van der Waals surface area contributed by atoms with E-state index in [-0.39, 0.29) is 17.0 Å². The molecule has 5 nitrogen and oxygen atoms in total. The number of carbonyl (C=O) groups excluding carboxylic acids is 2. The Bertz CT molecular complexity index is 777. The van der Waals surface area contributed by atoms with E-state index >= 15 is 0 Å². The van der Waals surface area contributed by atoms with Gasteiger partial charge in [-0.3, -0.25) is 0 Å². The highest BCUT2D eigenvalue weighted by Gasteiger charge is 2.32. The molecule has 20 heavy (non-hydrogen) atoms. The first kappa shape index (κ1) is 12.3. The third-order valence-electron chi connectivity index (χ3n) is 3.19. The Morgan fingerprint density at radius 2 is 2.05 bits per heavy atom. The lowest BCUT2D eigenvalue weighted by molar-refractivity contribution is -0.136. The first-order valence-corrected chi connectivity index (χ1v) is 6.03. The van der Waals surface area contributed by atoms with E-state index in [1.165, 1.54) is 7.11 Å². The number of esters is 2. The SMILES string of the molecule is COC(=O)/C(C)=C1\OC(=O)c2nc3ccccc3cc21. The lowest BCUT2D eigenvalue weighted by atomic mass is 10.1. The van der Waals surface area contributed by atoms with Crippen molar-refractivity contribution in [1.82, 2.24) is 4.98 Å². The molecule has 100 valence electrons. The molecule has 0 radical (unpaired) electrons. The molecule has 0 fully saturated rings. The smallest absolute Gasteiger partial charge is 0.363 e. The summed E-state index contributed by atoms with van der Waals surface area (Å²) in [6.45, 7) is 1.55. The molecule has 1 aromatic heterocycles. The Morgan fingerprint density at radius 3 is 2.80 bits per heavy atom. The largest absolute Gasteiger partial charge is 0.466 e. The van der Waals surface area contributed by atoms with Gasteiger partial charge in [0, 0.05) is 5.39 Å². The summed E-state index contributed by atoms with van der Waals surface area (Å²) in [4.78, 5) is 27.7. The van der Waals surface area contributed by atoms with Gasteiger partial charge in [-0.1, -0.05) is 18.2 Å².